The monoisotopic (exact) mass is 585 g/mol. The molecule has 0 radical (unpaired) electrons. The fourth-order valence-electron chi connectivity index (χ4n) is 4.64. The molecule has 212 valence electrons. The van der Waals surface area contributed by atoms with Gasteiger partial charge >= 0.3 is 0 Å². The third kappa shape index (κ3) is 7.47. The number of sulfonamides is 1. The minimum absolute atomic E-state index is 0.113. The summed E-state index contributed by atoms with van der Waals surface area (Å²) in [6, 6.07) is 18.8. The van der Waals surface area contributed by atoms with E-state index < -0.39 is 16.1 Å². The Labute approximate surface area is 240 Å². The first-order valence-electron chi connectivity index (χ1n) is 13.3. The van der Waals surface area contributed by atoms with E-state index in [0.29, 0.717) is 30.1 Å². The third-order valence-electron chi connectivity index (χ3n) is 7.10. The Bertz CT molecular complexity index is 1430. The van der Waals surface area contributed by atoms with Crippen LogP contribution in [0, 0.1) is 5.82 Å². The van der Waals surface area contributed by atoms with Crippen LogP contribution in [0.4, 0.5) is 4.39 Å². The van der Waals surface area contributed by atoms with Crippen molar-refractivity contribution in [1.29, 1.82) is 0 Å². The summed E-state index contributed by atoms with van der Waals surface area (Å²) in [5, 5.41) is 3.38. The Morgan fingerprint density at radius 2 is 1.60 bits per heavy atom. The summed E-state index contributed by atoms with van der Waals surface area (Å²) >= 11 is 6.21. The van der Waals surface area contributed by atoms with Crippen molar-refractivity contribution in [2.75, 3.05) is 13.1 Å². The fraction of sp³-hybridized carbons (Fsp3) is 0.333. The molecule has 1 aliphatic rings. The molecule has 7 nitrogen and oxygen atoms in total. The molecule has 1 aliphatic heterocycles. The molecule has 1 atom stereocenters. The maximum atomic E-state index is 13.5. The van der Waals surface area contributed by atoms with E-state index in [1.54, 1.807) is 55.5 Å². The van der Waals surface area contributed by atoms with Gasteiger partial charge < -0.3 is 10.2 Å². The zero-order valence-electron chi connectivity index (χ0n) is 22.4. The summed E-state index contributed by atoms with van der Waals surface area (Å²) in [6.07, 6.45) is 2.22. The van der Waals surface area contributed by atoms with Gasteiger partial charge in [-0.05, 0) is 73.2 Å². The van der Waals surface area contributed by atoms with Gasteiger partial charge in [-0.3, -0.25) is 9.59 Å². The minimum Gasteiger partial charge on any atom is -0.350 e. The first kappa shape index (κ1) is 29.7. The number of hydrogen-bond donors (Lipinski definition) is 1. The van der Waals surface area contributed by atoms with Crippen molar-refractivity contribution in [3.05, 3.63) is 100 Å². The van der Waals surface area contributed by atoms with Gasteiger partial charge in [0.25, 0.3) is 0 Å². The lowest BCUT2D eigenvalue weighted by Crippen LogP contribution is -2.47. The molecule has 0 aromatic heterocycles. The first-order chi connectivity index (χ1) is 19.1. The molecule has 0 saturated carbocycles. The number of carbonyl (C=O) groups is 2. The number of nitrogens with one attached hydrogen (secondary N) is 1. The lowest BCUT2D eigenvalue weighted by atomic mass is 10.1. The van der Waals surface area contributed by atoms with Gasteiger partial charge in [0.2, 0.25) is 21.8 Å². The van der Waals surface area contributed by atoms with Gasteiger partial charge in [0.05, 0.1) is 4.90 Å². The number of amides is 2. The van der Waals surface area contributed by atoms with E-state index in [1.165, 1.54) is 21.3 Å². The Hall–Kier alpha value is -3.27. The molecule has 1 fully saturated rings. The molecule has 4 rings (SSSR count). The van der Waals surface area contributed by atoms with Gasteiger partial charge in [0.15, 0.2) is 0 Å². The van der Waals surface area contributed by atoms with Crippen molar-refractivity contribution in [1.82, 2.24) is 14.5 Å². The van der Waals surface area contributed by atoms with E-state index in [2.05, 4.69) is 5.32 Å². The number of hydrogen-bond acceptors (Lipinski definition) is 4. The standard InChI is InChI=1S/C30H33ClFN3O4S/c1-22(30(37)33-20-25-6-2-3-7-28(25)31)35(21-24-8-13-26(32)14-9-24)29(36)17-12-23-10-15-27(16-11-23)40(38,39)34-18-4-5-19-34/h2-3,6-11,13-16,22H,4-5,12,17-21H2,1H3,(H,33,37)/t22-/m0/s1. The Balaban J connectivity index is 1.43. The topological polar surface area (TPSA) is 86.8 Å². The fourth-order valence-corrected chi connectivity index (χ4v) is 6.36. The van der Waals surface area contributed by atoms with Crippen LogP contribution in [0.25, 0.3) is 0 Å². The average Bonchev–Trinajstić information content (AvgIpc) is 3.51. The number of carbonyl (C=O) groups excluding carboxylic acids is 2. The van der Waals surface area contributed by atoms with Crippen LogP contribution >= 0.6 is 11.6 Å². The van der Waals surface area contributed by atoms with E-state index in [4.69, 9.17) is 11.6 Å². The molecule has 1 heterocycles. The predicted octanol–water partition coefficient (Wildman–Crippen LogP) is 4.93. The van der Waals surface area contributed by atoms with Gasteiger partial charge in [-0.15, -0.1) is 0 Å². The molecule has 40 heavy (non-hydrogen) atoms. The minimum atomic E-state index is -3.51. The quantitative estimate of drug-likeness (QED) is 0.346. The molecule has 10 heteroatoms. The van der Waals surface area contributed by atoms with Crippen LogP contribution in [0.1, 0.15) is 42.9 Å². The zero-order chi connectivity index (χ0) is 28.7. The second-order valence-corrected chi connectivity index (χ2v) is 12.2. The molecular weight excluding hydrogens is 553 g/mol. The summed E-state index contributed by atoms with van der Waals surface area (Å²) in [5.41, 5.74) is 2.26. The molecule has 3 aromatic carbocycles. The smallest absolute Gasteiger partial charge is 0.243 e. The number of nitrogens with zero attached hydrogens (tertiary/aromatic N) is 2. The number of benzene rings is 3. The van der Waals surface area contributed by atoms with Crippen molar-refractivity contribution in [3.8, 4) is 0 Å². The highest BCUT2D eigenvalue weighted by molar-refractivity contribution is 7.89. The molecule has 1 saturated heterocycles. The second-order valence-electron chi connectivity index (χ2n) is 9.89. The number of aryl methyl sites for hydroxylation is 1. The molecule has 3 aromatic rings. The Kier molecular flexibility index (Phi) is 9.95. The SMILES string of the molecule is C[C@@H](C(=O)NCc1ccccc1Cl)N(Cc1ccc(F)cc1)C(=O)CCc1ccc(S(=O)(=O)N2CCCC2)cc1. The van der Waals surface area contributed by atoms with Crippen molar-refractivity contribution < 1.29 is 22.4 Å². The maximum Gasteiger partial charge on any atom is 0.243 e. The van der Waals surface area contributed by atoms with Crippen LogP contribution in [0.3, 0.4) is 0 Å². The molecule has 1 N–H and O–H groups in total. The lowest BCUT2D eigenvalue weighted by molar-refractivity contribution is -0.140. The second kappa shape index (κ2) is 13.4. The highest BCUT2D eigenvalue weighted by Gasteiger charge is 2.28. The predicted molar refractivity (Wildman–Crippen MR) is 152 cm³/mol. The van der Waals surface area contributed by atoms with Crippen LogP contribution in [-0.2, 0) is 39.1 Å². The van der Waals surface area contributed by atoms with E-state index in [1.807, 2.05) is 12.1 Å². The normalized spacial score (nSPS) is 14.6. The Morgan fingerprint density at radius 1 is 0.975 bits per heavy atom. The van der Waals surface area contributed by atoms with Crippen LogP contribution in [0.2, 0.25) is 5.02 Å². The molecule has 2 amide bonds. The highest BCUT2D eigenvalue weighted by Crippen LogP contribution is 2.22. The lowest BCUT2D eigenvalue weighted by Gasteiger charge is -2.29. The van der Waals surface area contributed by atoms with Crippen LogP contribution in [-0.4, -0.2) is 48.6 Å². The number of halogens is 2. The van der Waals surface area contributed by atoms with E-state index in [9.17, 15) is 22.4 Å². The van der Waals surface area contributed by atoms with Gasteiger partial charge in [-0.2, -0.15) is 4.31 Å². The zero-order valence-corrected chi connectivity index (χ0v) is 23.9. The molecule has 0 spiro atoms. The summed E-state index contributed by atoms with van der Waals surface area (Å²) in [7, 11) is -3.51. The summed E-state index contributed by atoms with van der Waals surface area (Å²) in [5.74, 6) is -0.979. The summed E-state index contributed by atoms with van der Waals surface area (Å²) < 4.78 is 40.6. The van der Waals surface area contributed by atoms with Crippen molar-refractivity contribution in [3.63, 3.8) is 0 Å². The molecule has 0 unspecified atom stereocenters. The molecule has 0 bridgehead atoms. The van der Waals surface area contributed by atoms with Gasteiger partial charge in [0.1, 0.15) is 11.9 Å². The van der Waals surface area contributed by atoms with E-state index >= 15 is 0 Å². The Morgan fingerprint density at radius 3 is 2.25 bits per heavy atom. The maximum absolute atomic E-state index is 13.5. The molecular formula is C30H33ClFN3O4S. The van der Waals surface area contributed by atoms with Crippen molar-refractivity contribution in [2.24, 2.45) is 0 Å². The van der Waals surface area contributed by atoms with Crippen molar-refractivity contribution in [2.45, 2.75) is 56.6 Å². The van der Waals surface area contributed by atoms with E-state index in [0.717, 1.165) is 24.0 Å². The van der Waals surface area contributed by atoms with Crippen LogP contribution < -0.4 is 5.32 Å². The number of rotatable bonds is 11. The van der Waals surface area contributed by atoms with Gasteiger partial charge in [-0.25, -0.2) is 12.8 Å². The largest absolute Gasteiger partial charge is 0.350 e. The average molecular weight is 586 g/mol. The van der Waals surface area contributed by atoms with Crippen molar-refractivity contribution >= 4 is 33.4 Å². The third-order valence-corrected chi connectivity index (χ3v) is 9.38. The van der Waals surface area contributed by atoms with Crippen LogP contribution in [0.15, 0.2) is 77.7 Å². The first-order valence-corrected chi connectivity index (χ1v) is 15.1. The summed E-state index contributed by atoms with van der Waals surface area (Å²) in [4.78, 5) is 28.2. The molecule has 0 aliphatic carbocycles. The van der Waals surface area contributed by atoms with Gasteiger partial charge in [-0.1, -0.05) is 54.1 Å². The van der Waals surface area contributed by atoms with Crippen LogP contribution in [0.5, 0.6) is 0 Å². The van der Waals surface area contributed by atoms with E-state index in [-0.39, 0.29) is 42.0 Å². The summed E-state index contributed by atoms with van der Waals surface area (Å²) in [6.45, 7) is 3.07. The van der Waals surface area contributed by atoms with Gasteiger partial charge in [0, 0.05) is 37.6 Å². The highest BCUT2D eigenvalue weighted by atomic mass is 35.5.